The van der Waals surface area contributed by atoms with E-state index in [-0.39, 0.29) is 0 Å². The van der Waals surface area contributed by atoms with Gasteiger partial charge in [0, 0.05) is 16.7 Å². The van der Waals surface area contributed by atoms with Crippen molar-refractivity contribution < 1.29 is 4.48 Å². The first-order valence-electron chi connectivity index (χ1n) is 9.76. The molecule has 134 valence electrons. The summed E-state index contributed by atoms with van der Waals surface area (Å²) in [6, 6.07) is 32.9. The monoisotopic (exact) mass is 344 g/mol. The first kappa shape index (κ1) is 18.4. The van der Waals surface area contributed by atoms with E-state index < -0.39 is 0 Å². The van der Waals surface area contributed by atoms with Gasteiger partial charge in [0.2, 0.25) is 0 Å². The van der Waals surface area contributed by atoms with Crippen LogP contribution in [0.15, 0.2) is 91.0 Å². The third-order valence-corrected chi connectivity index (χ3v) is 5.07. The van der Waals surface area contributed by atoms with Gasteiger partial charge in [0.25, 0.3) is 0 Å². The summed E-state index contributed by atoms with van der Waals surface area (Å²) in [4.78, 5) is 0. The summed E-state index contributed by atoms with van der Waals surface area (Å²) in [6.45, 7) is 6.72. The van der Waals surface area contributed by atoms with E-state index in [1.807, 2.05) is 0 Å². The Kier molecular flexibility index (Phi) is 6.62. The Morgan fingerprint density at radius 1 is 0.538 bits per heavy atom. The van der Waals surface area contributed by atoms with Crippen molar-refractivity contribution in [2.45, 2.75) is 39.4 Å². The number of hydrogen-bond donors (Lipinski definition) is 0. The maximum Gasteiger partial charge on any atom is 0.105 e. The highest BCUT2D eigenvalue weighted by Gasteiger charge is 2.28. The van der Waals surface area contributed by atoms with Crippen LogP contribution in [0.5, 0.6) is 0 Å². The molecular weight excluding hydrogens is 314 g/mol. The Bertz CT molecular complexity index is 649. The maximum absolute atomic E-state index is 2.29. The SMILES string of the molecule is CCCC[N+](Cc1ccccc1)(Cc1ccccc1)Cc1ccccc1. The summed E-state index contributed by atoms with van der Waals surface area (Å²) in [5.41, 5.74) is 4.28. The zero-order chi connectivity index (χ0) is 18.1. The van der Waals surface area contributed by atoms with E-state index in [0.717, 1.165) is 24.1 Å². The van der Waals surface area contributed by atoms with E-state index in [1.165, 1.54) is 36.1 Å². The molecule has 0 radical (unpaired) electrons. The average Bonchev–Trinajstić information content (AvgIpc) is 2.69. The molecule has 0 amide bonds. The summed E-state index contributed by atoms with van der Waals surface area (Å²) in [6.07, 6.45) is 2.49. The van der Waals surface area contributed by atoms with Crippen LogP contribution in [-0.4, -0.2) is 11.0 Å². The van der Waals surface area contributed by atoms with E-state index in [0.29, 0.717) is 0 Å². The van der Waals surface area contributed by atoms with Gasteiger partial charge >= 0.3 is 0 Å². The molecule has 0 saturated heterocycles. The zero-order valence-electron chi connectivity index (χ0n) is 15.9. The summed E-state index contributed by atoms with van der Waals surface area (Å²) < 4.78 is 1.08. The highest BCUT2D eigenvalue weighted by atomic mass is 15.3. The molecule has 3 aromatic rings. The van der Waals surface area contributed by atoms with Crippen LogP contribution in [0.4, 0.5) is 0 Å². The smallest absolute Gasteiger partial charge is 0.105 e. The lowest BCUT2D eigenvalue weighted by atomic mass is 10.1. The Balaban J connectivity index is 1.94. The van der Waals surface area contributed by atoms with E-state index in [2.05, 4.69) is 97.9 Å². The fourth-order valence-corrected chi connectivity index (χ4v) is 3.81. The van der Waals surface area contributed by atoms with Crippen molar-refractivity contribution in [1.82, 2.24) is 0 Å². The molecule has 0 aliphatic carbocycles. The third-order valence-electron chi connectivity index (χ3n) is 5.07. The lowest BCUT2D eigenvalue weighted by Gasteiger charge is -2.39. The largest absolute Gasteiger partial charge is 0.312 e. The number of nitrogens with zero attached hydrogens (tertiary/aromatic N) is 1. The number of rotatable bonds is 9. The van der Waals surface area contributed by atoms with Gasteiger partial charge in [0.05, 0.1) is 6.54 Å². The van der Waals surface area contributed by atoms with Gasteiger partial charge < -0.3 is 4.48 Å². The summed E-state index contributed by atoms with van der Waals surface area (Å²) in [5.74, 6) is 0. The van der Waals surface area contributed by atoms with Gasteiger partial charge in [-0.15, -0.1) is 0 Å². The van der Waals surface area contributed by atoms with Crippen LogP contribution in [0.3, 0.4) is 0 Å². The predicted molar refractivity (Wildman–Crippen MR) is 110 cm³/mol. The van der Waals surface area contributed by atoms with Gasteiger partial charge in [-0.2, -0.15) is 0 Å². The Hall–Kier alpha value is -2.38. The molecule has 0 aromatic heterocycles. The van der Waals surface area contributed by atoms with Gasteiger partial charge in [-0.05, 0) is 6.42 Å². The van der Waals surface area contributed by atoms with Crippen LogP contribution in [0.25, 0.3) is 0 Å². The molecule has 3 aromatic carbocycles. The van der Waals surface area contributed by atoms with Crippen molar-refractivity contribution in [3.8, 4) is 0 Å². The van der Waals surface area contributed by atoms with Crippen molar-refractivity contribution in [3.05, 3.63) is 108 Å². The summed E-state index contributed by atoms with van der Waals surface area (Å²) in [7, 11) is 0. The predicted octanol–water partition coefficient (Wildman–Crippen LogP) is 6.20. The molecule has 1 nitrogen and oxygen atoms in total. The van der Waals surface area contributed by atoms with E-state index in [1.54, 1.807) is 0 Å². The van der Waals surface area contributed by atoms with Crippen molar-refractivity contribution in [2.75, 3.05) is 6.54 Å². The number of unbranched alkanes of at least 4 members (excludes halogenated alkanes) is 1. The molecule has 0 spiro atoms. The topological polar surface area (TPSA) is 0 Å². The van der Waals surface area contributed by atoms with Crippen LogP contribution in [0, 0.1) is 0 Å². The number of hydrogen-bond acceptors (Lipinski definition) is 0. The number of quaternary nitrogens is 1. The molecule has 0 N–H and O–H groups in total. The normalized spacial score (nSPS) is 11.4. The van der Waals surface area contributed by atoms with Crippen molar-refractivity contribution in [1.29, 1.82) is 0 Å². The van der Waals surface area contributed by atoms with Gasteiger partial charge in [-0.3, -0.25) is 0 Å². The van der Waals surface area contributed by atoms with Crippen LogP contribution < -0.4 is 0 Å². The summed E-state index contributed by atoms with van der Waals surface area (Å²) >= 11 is 0. The van der Waals surface area contributed by atoms with Gasteiger partial charge in [-0.25, -0.2) is 0 Å². The lowest BCUT2D eigenvalue weighted by Crippen LogP contribution is -2.46. The molecule has 0 saturated carbocycles. The van der Waals surface area contributed by atoms with Crippen LogP contribution in [0.1, 0.15) is 36.5 Å². The lowest BCUT2D eigenvalue weighted by molar-refractivity contribution is -0.966. The van der Waals surface area contributed by atoms with Crippen LogP contribution in [0.2, 0.25) is 0 Å². The fraction of sp³-hybridized carbons (Fsp3) is 0.280. The fourth-order valence-electron chi connectivity index (χ4n) is 3.81. The van der Waals surface area contributed by atoms with Crippen molar-refractivity contribution in [2.24, 2.45) is 0 Å². The molecule has 0 aliphatic heterocycles. The second kappa shape index (κ2) is 9.35. The quantitative estimate of drug-likeness (QED) is 0.405. The third kappa shape index (κ3) is 5.31. The molecule has 0 bridgehead atoms. The van der Waals surface area contributed by atoms with Crippen molar-refractivity contribution >= 4 is 0 Å². The van der Waals surface area contributed by atoms with E-state index in [4.69, 9.17) is 0 Å². The minimum Gasteiger partial charge on any atom is -0.312 e. The first-order valence-corrected chi connectivity index (χ1v) is 9.76. The van der Waals surface area contributed by atoms with Crippen LogP contribution >= 0.6 is 0 Å². The standard InChI is InChI=1S/C25H30N/c1-2-3-19-26(20-23-13-7-4-8-14-23,21-24-15-9-5-10-16-24)22-25-17-11-6-12-18-25/h4-18H,2-3,19-22H2,1H3/q+1. The average molecular weight is 345 g/mol. The van der Waals surface area contributed by atoms with Gasteiger partial charge in [-0.1, -0.05) is 104 Å². The Morgan fingerprint density at radius 3 is 1.19 bits per heavy atom. The molecule has 0 fully saturated rings. The highest BCUT2D eigenvalue weighted by Crippen LogP contribution is 2.25. The molecular formula is C25H30N+. The minimum absolute atomic E-state index is 1.07. The second-order valence-electron chi connectivity index (χ2n) is 7.35. The van der Waals surface area contributed by atoms with E-state index in [9.17, 15) is 0 Å². The molecule has 0 heterocycles. The Morgan fingerprint density at radius 2 is 0.885 bits per heavy atom. The molecule has 26 heavy (non-hydrogen) atoms. The maximum atomic E-state index is 2.29. The van der Waals surface area contributed by atoms with Crippen LogP contribution in [-0.2, 0) is 19.6 Å². The van der Waals surface area contributed by atoms with Crippen molar-refractivity contribution in [3.63, 3.8) is 0 Å². The molecule has 1 heteroatoms. The first-order chi connectivity index (χ1) is 12.8. The Labute approximate surface area is 158 Å². The molecule has 0 aliphatic rings. The molecule has 0 unspecified atom stereocenters. The number of benzene rings is 3. The van der Waals surface area contributed by atoms with Gasteiger partial charge in [0.1, 0.15) is 19.6 Å². The minimum atomic E-state index is 1.07. The zero-order valence-corrected chi connectivity index (χ0v) is 15.9. The van der Waals surface area contributed by atoms with E-state index >= 15 is 0 Å². The molecule has 3 rings (SSSR count). The highest BCUT2D eigenvalue weighted by molar-refractivity contribution is 5.17. The second-order valence-corrected chi connectivity index (χ2v) is 7.35. The summed E-state index contributed by atoms with van der Waals surface area (Å²) in [5, 5.41) is 0. The van der Waals surface area contributed by atoms with Gasteiger partial charge in [0.15, 0.2) is 0 Å². The molecule has 0 atom stereocenters.